The highest BCUT2D eigenvalue weighted by Gasteiger charge is 2.06. The lowest BCUT2D eigenvalue weighted by Gasteiger charge is -2.10. The van der Waals surface area contributed by atoms with Gasteiger partial charge >= 0.3 is 0 Å². The summed E-state index contributed by atoms with van der Waals surface area (Å²) in [5.41, 5.74) is 4.58. The Bertz CT molecular complexity index is 746. The molecule has 21 heavy (non-hydrogen) atoms. The molecule has 106 valence electrons. The van der Waals surface area contributed by atoms with Gasteiger partial charge in [-0.3, -0.25) is 4.68 Å². The summed E-state index contributed by atoms with van der Waals surface area (Å²) in [6.45, 7) is 2.73. The van der Waals surface area contributed by atoms with Crippen molar-refractivity contribution < 1.29 is 0 Å². The van der Waals surface area contributed by atoms with Gasteiger partial charge < -0.3 is 5.32 Å². The summed E-state index contributed by atoms with van der Waals surface area (Å²) < 4.78 is 1.82. The Morgan fingerprint density at radius 1 is 1.10 bits per heavy atom. The molecule has 0 unspecified atom stereocenters. The summed E-state index contributed by atoms with van der Waals surface area (Å²) in [5, 5.41) is 7.63. The van der Waals surface area contributed by atoms with E-state index in [9.17, 15) is 0 Å². The number of nitrogens with zero attached hydrogens (tertiary/aromatic N) is 3. The summed E-state index contributed by atoms with van der Waals surface area (Å²) in [4.78, 5) is 4.47. The van der Waals surface area contributed by atoms with Crippen molar-refractivity contribution in [2.45, 2.75) is 13.5 Å². The summed E-state index contributed by atoms with van der Waals surface area (Å²) in [7, 11) is 1.93. The van der Waals surface area contributed by atoms with Gasteiger partial charge in [0.15, 0.2) is 0 Å². The minimum absolute atomic E-state index is 0.738. The molecule has 0 bridgehead atoms. The highest BCUT2D eigenvalue weighted by Crippen LogP contribution is 2.23. The number of hydrogen-bond donors (Lipinski definition) is 1. The fourth-order valence-corrected chi connectivity index (χ4v) is 2.34. The second-order valence-electron chi connectivity index (χ2n) is 5.08. The molecule has 2 aromatic heterocycles. The summed E-state index contributed by atoms with van der Waals surface area (Å²) in [5.74, 6) is 0.899. The Morgan fingerprint density at radius 3 is 2.71 bits per heavy atom. The van der Waals surface area contributed by atoms with Crippen molar-refractivity contribution in [2.75, 3.05) is 5.32 Å². The van der Waals surface area contributed by atoms with E-state index in [1.165, 1.54) is 11.1 Å². The van der Waals surface area contributed by atoms with Gasteiger partial charge in [-0.1, -0.05) is 30.3 Å². The fourth-order valence-electron chi connectivity index (χ4n) is 2.34. The molecule has 0 aliphatic rings. The molecule has 0 aliphatic carbocycles. The maximum atomic E-state index is 4.47. The van der Waals surface area contributed by atoms with Gasteiger partial charge in [-0.05, 0) is 30.2 Å². The molecule has 0 fully saturated rings. The summed E-state index contributed by atoms with van der Waals surface area (Å²) >= 11 is 0. The van der Waals surface area contributed by atoms with Crippen molar-refractivity contribution in [2.24, 2.45) is 7.05 Å². The van der Waals surface area contributed by atoms with Crippen molar-refractivity contribution in [1.29, 1.82) is 0 Å². The number of aryl methyl sites for hydroxylation is 2. The number of benzene rings is 1. The zero-order chi connectivity index (χ0) is 14.7. The average molecular weight is 278 g/mol. The van der Waals surface area contributed by atoms with Gasteiger partial charge in [-0.25, -0.2) is 4.98 Å². The average Bonchev–Trinajstić information content (AvgIpc) is 2.92. The molecule has 0 aliphatic heterocycles. The van der Waals surface area contributed by atoms with Crippen LogP contribution < -0.4 is 5.32 Å². The summed E-state index contributed by atoms with van der Waals surface area (Å²) in [6.07, 6.45) is 3.92. The first-order valence-corrected chi connectivity index (χ1v) is 6.97. The van der Waals surface area contributed by atoms with Crippen molar-refractivity contribution in [3.05, 3.63) is 66.1 Å². The largest absolute Gasteiger partial charge is 0.366 e. The van der Waals surface area contributed by atoms with E-state index >= 15 is 0 Å². The molecule has 2 heterocycles. The Hall–Kier alpha value is -2.62. The lowest BCUT2D eigenvalue weighted by Crippen LogP contribution is -2.03. The molecular formula is C17H18N4. The monoisotopic (exact) mass is 278 g/mol. The van der Waals surface area contributed by atoms with Crippen LogP contribution in [0.5, 0.6) is 0 Å². The highest BCUT2D eigenvalue weighted by atomic mass is 15.2. The van der Waals surface area contributed by atoms with Gasteiger partial charge in [-0.15, -0.1) is 0 Å². The molecule has 1 N–H and O–H groups in total. The maximum Gasteiger partial charge on any atom is 0.126 e. The molecule has 0 amide bonds. The minimum atomic E-state index is 0.738. The molecule has 1 aromatic carbocycles. The van der Waals surface area contributed by atoms with Gasteiger partial charge in [-0.2, -0.15) is 5.10 Å². The molecule has 0 saturated carbocycles. The fraction of sp³-hybridized carbons (Fsp3) is 0.176. The van der Waals surface area contributed by atoms with Gasteiger partial charge in [0, 0.05) is 31.0 Å². The van der Waals surface area contributed by atoms with Gasteiger partial charge in [0.1, 0.15) is 5.82 Å². The van der Waals surface area contributed by atoms with E-state index in [4.69, 9.17) is 0 Å². The number of nitrogens with one attached hydrogen (secondary N) is 1. The molecule has 0 radical (unpaired) electrons. The van der Waals surface area contributed by atoms with E-state index in [0.29, 0.717) is 0 Å². The normalized spacial score (nSPS) is 10.6. The molecule has 0 saturated heterocycles. The van der Waals surface area contributed by atoms with Gasteiger partial charge in [0.25, 0.3) is 0 Å². The second kappa shape index (κ2) is 5.79. The standard InChI is InChI=1S/C17H18N4/c1-13-6-5-9-17(20-13)18-10-14-7-3-4-8-16(14)15-11-19-21(2)12-15/h3-9,11-12H,10H2,1-2H3,(H,18,20). The predicted octanol–water partition coefficient (Wildman–Crippen LogP) is 3.40. The van der Waals surface area contributed by atoms with Crippen molar-refractivity contribution in [1.82, 2.24) is 14.8 Å². The molecule has 3 rings (SSSR count). The van der Waals surface area contributed by atoms with Crippen LogP contribution in [-0.2, 0) is 13.6 Å². The molecule has 0 atom stereocenters. The van der Waals surface area contributed by atoms with Crippen LogP contribution in [0.15, 0.2) is 54.9 Å². The van der Waals surface area contributed by atoms with Gasteiger partial charge in [0.05, 0.1) is 6.20 Å². The van der Waals surface area contributed by atoms with Crippen LogP contribution in [0.3, 0.4) is 0 Å². The van der Waals surface area contributed by atoms with Gasteiger partial charge in [0.2, 0.25) is 0 Å². The third kappa shape index (κ3) is 3.11. The number of anilines is 1. The first kappa shape index (κ1) is 13.4. The topological polar surface area (TPSA) is 42.7 Å². The zero-order valence-electron chi connectivity index (χ0n) is 12.2. The first-order chi connectivity index (χ1) is 10.2. The zero-order valence-corrected chi connectivity index (χ0v) is 12.2. The van der Waals surface area contributed by atoms with E-state index in [-0.39, 0.29) is 0 Å². The molecule has 4 heteroatoms. The highest BCUT2D eigenvalue weighted by molar-refractivity contribution is 5.66. The van der Waals surface area contributed by atoms with E-state index in [1.807, 2.05) is 49.2 Å². The lowest BCUT2D eigenvalue weighted by atomic mass is 10.0. The van der Waals surface area contributed by atoms with Crippen molar-refractivity contribution in [3.63, 3.8) is 0 Å². The second-order valence-corrected chi connectivity index (χ2v) is 5.08. The number of hydrogen-bond acceptors (Lipinski definition) is 3. The molecule has 0 spiro atoms. The predicted molar refractivity (Wildman–Crippen MR) is 84.9 cm³/mol. The van der Waals surface area contributed by atoms with E-state index in [1.54, 1.807) is 0 Å². The van der Waals surface area contributed by atoms with Crippen LogP contribution >= 0.6 is 0 Å². The van der Waals surface area contributed by atoms with Crippen LogP contribution in [0.25, 0.3) is 11.1 Å². The number of rotatable bonds is 4. The van der Waals surface area contributed by atoms with Crippen LogP contribution in [0.2, 0.25) is 0 Å². The SMILES string of the molecule is Cc1cccc(NCc2ccccc2-c2cnn(C)c2)n1. The summed E-state index contributed by atoms with van der Waals surface area (Å²) in [6, 6.07) is 14.4. The Morgan fingerprint density at radius 2 is 1.95 bits per heavy atom. The smallest absolute Gasteiger partial charge is 0.126 e. The quantitative estimate of drug-likeness (QED) is 0.795. The maximum absolute atomic E-state index is 4.47. The molecular weight excluding hydrogens is 260 g/mol. The van der Waals surface area contributed by atoms with Crippen molar-refractivity contribution >= 4 is 5.82 Å². The lowest BCUT2D eigenvalue weighted by molar-refractivity contribution is 0.768. The van der Waals surface area contributed by atoms with Crippen LogP contribution in [0.1, 0.15) is 11.3 Å². The Labute approximate surface area is 124 Å². The number of pyridine rings is 1. The number of aromatic nitrogens is 3. The van der Waals surface area contributed by atoms with E-state index in [0.717, 1.165) is 23.6 Å². The third-order valence-corrected chi connectivity index (χ3v) is 3.38. The van der Waals surface area contributed by atoms with Crippen LogP contribution in [-0.4, -0.2) is 14.8 Å². The molecule has 4 nitrogen and oxygen atoms in total. The Kier molecular flexibility index (Phi) is 3.69. The first-order valence-electron chi connectivity index (χ1n) is 6.97. The molecule has 3 aromatic rings. The van der Waals surface area contributed by atoms with E-state index in [2.05, 4.69) is 39.7 Å². The van der Waals surface area contributed by atoms with Crippen LogP contribution in [0.4, 0.5) is 5.82 Å². The Balaban J connectivity index is 1.83. The van der Waals surface area contributed by atoms with Crippen molar-refractivity contribution in [3.8, 4) is 11.1 Å². The van der Waals surface area contributed by atoms with E-state index < -0.39 is 0 Å². The van der Waals surface area contributed by atoms with Crippen LogP contribution in [0, 0.1) is 6.92 Å². The third-order valence-electron chi connectivity index (χ3n) is 3.38. The minimum Gasteiger partial charge on any atom is -0.366 e.